The van der Waals surface area contributed by atoms with Crippen LogP contribution in [0.1, 0.15) is 30.1 Å². The molecule has 1 fully saturated rings. The number of amides is 2. The molecule has 0 N–H and O–H groups in total. The minimum absolute atomic E-state index is 0.0685. The van der Waals surface area contributed by atoms with E-state index in [0.717, 1.165) is 9.37 Å². The first-order valence-corrected chi connectivity index (χ1v) is 6.88. The van der Waals surface area contributed by atoms with Crippen molar-refractivity contribution in [3.63, 3.8) is 0 Å². The summed E-state index contributed by atoms with van der Waals surface area (Å²) >= 11 is 3.29. The molecule has 0 unspecified atom stereocenters. The lowest BCUT2D eigenvalue weighted by Crippen LogP contribution is -2.45. The zero-order valence-corrected chi connectivity index (χ0v) is 12.1. The Kier molecular flexibility index (Phi) is 4.14. The number of likely N-dealkylation sites (tertiary alicyclic amines) is 1. The first-order chi connectivity index (χ1) is 8.97. The van der Waals surface area contributed by atoms with E-state index in [-0.39, 0.29) is 30.1 Å². The van der Waals surface area contributed by atoms with Crippen LogP contribution in [0.3, 0.4) is 0 Å². The van der Waals surface area contributed by atoms with Gasteiger partial charge in [-0.1, -0.05) is 35.0 Å². The highest BCUT2D eigenvalue weighted by Crippen LogP contribution is 2.19. The Morgan fingerprint density at radius 3 is 2.26 bits per heavy atom. The monoisotopic (exact) mass is 323 g/mol. The van der Waals surface area contributed by atoms with Crippen molar-refractivity contribution in [2.75, 3.05) is 6.54 Å². The molecule has 1 aliphatic heterocycles. The number of halogens is 1. The average Bonchev–Trinajstić information content (AvgIpc) is 2.34. The second kappa shape index (κ2) is 5.65. The summed E-state index contributed by atoms with van der Waals surface area (Å²) in [5.74, 6) is -0.661. The van der Waals surface area contributed by atoms with E-state index in [0.29, 0.717) is 18.4 Å². The number of piperidine rings is 1. The number of nitrogens with zero attached hydrogens (tertiary/aromatic N) is 1. The smallest absolute Gasteiger partial charge is 0.229 e. The van der Waals surface area contributed by atoms with Crippen LogP contribution in [0.25, 0.3) is 0 Å². The predicted molar refractivity (Wildman–Crippen MR) is 73.6 cm³/mol. The SMILES string of the molecule is CC1CC(=O)N(CC(=O)c2ccc(Br)cc2)C(=O)C1. The molecular weight excluding hydrogens is 310 g/mol. The average molecular weight is 324 g/mol. The van der Waals surface area contributed by atoms with Gasteiger partial charge in [0.05, 0.1) is 6.54 Å². The third-order valence-electron chi connectivity index (χ3n) is 3.12. The Bertz CT molecular complexity index is 506. The van der Waals surface area contributed by atoms with E-state index in [4.69, 9.17) is 0 Å². The Balaban J connectivity index is 2.08. The van der Waals surface area contributed by atoms with Crippen molar-refractivity contribution in [1.29, 1.82) is 0 Å². The summed E-state index contributed by atoms with van der Waals surface area (Å²) < 4.78 is 0.878. The first kappa shape index (κ1) is 13.9. The molecule has 4 nitrogen and oxygen atoms in total. The number of hydrogen-bond acceptors (Lipinski definition) is 3. The molecule has 1 saturated heterocycles. The normalized spacial score (nSPS) is 16.8. The van der Waals surface area contributed by atoms with Gasteiger partial charge in [0, 0.05) is 22.9 Å². The lowest BCUT2D eigenvalue weighted by atomic mass is 9.97. The molecule has 19 heavy (non-hydrogen) atoms. The topological polar surface area (TPSA) is 54.5 Å². The van der Waals surface area contributed by atoms with Crippen LogP contribution in [-0.4, -0.2) is 29.0 Å². The quantitative estimate of drug-likeness (QED) is 0.634. The number of Topliss-reactive ketones (excluding diaryl/α,β-unsaturated/α-hetero) is 1. The Labute approximate surface area is 119 Å². The maximum absolute atomic E-state index is 12.0. The zero-order chi connectivity index (χ0) is 14.0. The summed E-state index contributed by atoms with van der Waals surface area (Å²) in [7, 11) is 0. The van der Waals surface area contributed by atoms with E-state index < -0.39 is 0 Å². The molecule has 1 aromatic rings. The molecule has 0 atom stereocenters. The number of carbonyl (C=O) groups excluding carboxylic acids is 3. The second-order valence-corrected chi connectivity index (χ2v) is 5.73. The number of rotatable bonds is 3. The standard InChI is InChI=1S/C14H14BrNO3/c1-9-6-13(18)16(14(19)7-9)8-12(17)10-2-4-11(15)5-3-10/h2-5,9H,6-8H2,1H3. The highest BCUT2D eigenvalue weighted by Gasteiger charge is 2.31. The zero-order valence-electron chi connectivity index (χ0n) is 10.6. The molecule has 0 bridgehead atoms. The van der Waals surface area contributed by atoms with Gasteiger partial charge in [-0.2, -0.15) is 0 Å². The minimum Gasteiger partial charge on any atom is -0.292 e. The van der Waals surface area contributed by atoms with Crippen molar-refractivity contribution in [2.24, 2.45) is 5.92 Å². The number of imide groups is 1. The van der Waals surface area contributed by atoms with Crippen LogP contribution in [-0.2, 0) is 9.59 Å². The van der Waals surface area contributed by atoms with Gasteiger partial charge in [0.2, 0.25) is 11.8 Å². The van der Waals surface area contributed by atoms with Gasteiger partial charge in [-0.25, -0.2) is 0 Å². The summed E-state index contributed by atoms with van der Waals surface area (Å²) in [6.07, 6.45) is 0.665. The van der Waals surface area contributed by atoms with E-state index >= 15 is 0 Å². The molecular formula is C14H14BrNO3. The van der Waals surface area contributed by atoms with Gasteiger partial charge >= 0.3 is 0 Å². The van der Waals surface area contributed by atoms with Gasteiger partial charge in [-0.15, -0.1) is 0 Å². The molecule has 2 amide bonds. The van der Waals surface area contributed by atoms with E-state index in [2.05, 4.69) is 15.9 Å². The molecule has 0 aliphatic carbocycles. The second-order valence-electron chi connectivity index (χ2n) is 4.82. The summed E-state index contributed by atoms with van der Waals surface area (Å²) in [4.78, 5) is 36.7. The van der Waals surface area contributed by atoms with E-state index in [1.165, 1.54) is 0 Å². The van der Waals surface area contributed by atoms with E-state index in [1.54, 1.807) is 24.3 Å². The van der Waals surface area contributed by atoms with E-state index in [9.17, 15) is 14.4 Å². The van der Waals surface area contributed by atoms with Crippen LogP contribution in [0.5, 0.6) is 0 Å². The van der Waals surface area contributed by atoms with E-state index in [1.807, 2.05) is 6.92 Å². The number of carbonyl (C=O) groups is 3. The summed E-state index contributed by atoms with van der Waals surface area (Å²) in [6, 6.07) is 6.87. The number of benzene rings is 1. The highest BCUT2D eigenvalue weighted by molar-refractivity contribution is 9.10. The molecule has 100 valence electrons. The lowest BCUT2D eigenvalue weighted by Gasteiger charge is -2.27. The third kappa shape index (κ3) is 3.29. The van der Waals surface area contributed by atoms with Crippen molar-refractivity contribution in [3.8, 4) is 0 Å². The van der Waals surface area contributed by atoms with Crippen molar-refractivity contribution in [2.45, 2.75) is 19.8 Å². The minimum atomic E-state index is -0.255. The molecule has 0 radical (unpaired) electrons. The third-order valence-corrected chi connectivity index (χ3v) is 3.64. The van der Waals surface area contributed by atoms with Gasteiger partial charge in [0.1, 0.15) is 0 Å². The maximum atomic E-state index is 12.0. The first-order valence-electron chi connectivity index (χ1n) is 6.09. The van der Waals surface area contributed by atoms with Gasteiger partial charge in [0.15, 0.2) is 5.78 Å². The maximum Gasteiger partial charge on any atom is 0.229 e. The van der Waals surface area contributed by atoms with Gasteiger partial charge < -0.3 is 0 Å². The summed E-state index contributed by atoms with van der Waals surface area (Å²) in [5.41, 5.74) is 0.502. The van der Waals surface area contributed by atoms with Crippen molar-refractivity contribution >= 4 is 33.5 Å². The largest absolute Gasteiger partial charge is 0.292 e. The number of ketones is 1. The molecule has 1 aromatic carbocycles. The molecule has 5 heteroatoms. The molecule has 2 rings (SSSR count). The van der Waals surface area contributed by atoms with Crippen molar-refractivity contribution in [3.05, 3.63) is 34.3 Å². The fourth-order valence-corrected chi connectivity index (χ4v) is 2.34. The summed E-state index contributed by atoms with van der Waals surface area (Å²) in [6.45, 7) is 1.70. The van der Waals surface area contributed by atoms with Gasteiger partial charge in [-0.05, 0) is 18.1 Å². The fourth-order valence-electron chi connectivity index (χ4n) is 2.07. The van der Waals surface area contributed by atoms with Gasteiger partial charge in [0.25, 0.3) is 0 Å². The van der Waals surface area contributed by atoms with Crippen LogP contribution in [0.2, 0.25) is 0 Å². The summed E-state index contributed by atoms with van der Waals surface area (Å²) in [5, 5.41) is 0. The van der Waals surface area contributed by atoms with Gasteiger partial charge in [-0.3, -0.25) is 19.3 Å². The van der Waals surface area contributed by atoms with Crippen LogP contribution >= 0.6 is 15.9 Å². The van der Waals surface area contributed by atoms with Crippen LogP contribution in [0, 0.1) is 5.92 Å². The van der Waals surface area contributed by atoms with Crippen LogP contribution in [0.15, 0.2) is 28.7 Å². The van der Waals surface area contributed by atoms with Crippen LogP contribution < -0.4 is 0 Å². The van der Waals surface area contributed by atoms with Crippen molar-refractivity contribution in [1.82, 2.24) is 4.90 Å². The molecule has 0 spiro atoms. The Morgan fingerprint density at radius 1 is 1.21 bits per heavy atom. The molecule has 1 heterocycles. The van der Waals surface area contributed by atoms with Crippen LogP contribution in [0.4, 0.5) is 0 Å². The Morgan fingerprint density at radius 2 is 1.74 bits per heavy atom. The molecule has 0 aromatic heterocycles. The predicted octanol–water partition coefficient (Wildman–Crippen LogP) is 2.42. The fraction of sp³-hybridized carbons (Fsp3) is 0.357. The lowest BCUT2D eigenvalue weighted by molar-refractivity contribution is -0.149. The number of hydrogen-bond donors (Lipinski definition) is 0. The highest BCUT2D eigenvalue weighted by atomic mass is 79.9. The van der Waals surface area contributed by atoms with Crippen molar-refractivity contribution < 1.29 is 14.4 Å². The Hall–Kier alpha value is -1.49. The molecule has 0 saturated carbocycles. The molecule has 1 aliphatic rings.